The van der Waals surface area contributed by atoms with Gasteiger partial charge in [-0.2, -0.15) is 4.31 Å². The first-order chi connectivity index (χ1) is 9.71. The van der Waals surface area contributed by atoms with Crippen molar-refractivity contribution in [1.82, 2.24) is 4.31 Å². The van der Waals surface area contributed by atoms with Crippen molar-refractivity contribution < 1.29 is 12.8 Å². The fourth-order valence-corrected chi connectivity index (χ4v) is 4.36. The first-order valence-electron chi connectivity index (χ1n) is 6.98. The van der Waals surface area contributed by atoms with Crippen LogP contribution in [0.2, 0.25) is 0 Å². The van der Waals surface area contributed by atoms with Crippen LogP contribution in [0.1, 0.15) is 40.0 Å². The molecule has 120 valence electrons. The van der Waals surface area contributed by atoms with Crippen LogP contribution in [0.4, 0.5) is 10.1 Å². The van der Waals surface area contributed by atoms with Crippen LogP contribution in [0.3, 0.4) is 0 Å². The normalized spacial score (nSPS) is 12.3. The van der Waals surface area contributed by atoms with Gasteiger partial charge in [0.25, 0.3) is 0 Å². The standard InChI is InChI=1S/C14H22BrFN2O2S/c1-4-5-6-7-18(10(2)3)21(19,20)14-8-11(15)12(16)9-13(14)17/h8-10H,4-7,17H2,1-3H3. The molecule has 0 spiro atoms. The summed E-state index contributed by atoms with van der Waals surface area (Å²) in [6.07, 6.45) is 2.76. The molecular weight excluding hydrogens is 359 g/mol. The largest absolute Gasteiger partial charge is 0.398 e. The second-order valence-electron chi connectivity index (χ2n) is 5.22. The average Bonchev–Trinajstić information content (AvgIpc) is 2.38. The van der Waals surface area contributed by atoms with E-state index in [4.69, 9.17) is 5.73 Å². The third-order valence-corrected chi connectivity index (χ3v) is 5.94. The van der Waals surface area contributed by atoms with E-state index in [1.165, 1.54) is 10.4 Å². The Hall–Kier alpha value is -0.660. The number of nitrogens with zero attached hydrogens (tertiary/aromatic N) is 1. The molecule has 0 aliphatic heterocycles. The van der Waals surface area contributed by atoms with Gasteiger partial charge >= 0.3 is 0 Å². The van der Waals surface area contributed by atoms with Gasteiger partial charge in [-0.3, -0.25) is 0 Å². The molecule has 1 aromatic rings. The zero-order valence-corrected chi connectivity index (χ0v) is 15.0. The predicted octanol–water partition coefficient (Wildman–Crippen LogP) is 3.76. The number of hydrogen-bond donors (Lipinski definition) is 1. The van der Waals surface area contributed by atoms with Gasteiger partial charge in [0.15, 0.2) is 0 Å². The molecule has 2 N–H and O–H groups in total. The highest BCUT2D eigenvalue weighted by Gasteiger charge is 2.29. The van der Waals surface area contributed by atoms with Crippen molar-refractivity contribution in [3.63, 3.8) is 0 Å². The summed E-state index contributed by atoms with van der Waals surface area (Å²) in [5, 5.41) is 0. The molecule has 4 nitrogen and oxygen atoms in total. The van der Waals surface area contributed by atoms with Crippen molar-refractivity contribution in [2.24, 2.45) is 0 Å². The van der Waals surface area contributed by atoms with E-state index in [0.29, 0.717) is 6.54 Å². The van der Waals surface area contributed by atoms with Crippen molar-refractivity contribution in [2.75, 3.05) is 12.3 Å². The summed E-state index contributed by atoms with van der Waals surface area (Å²) in [6, 6.07) is 2.08. The number of nitrogen functional groups attached to an aromatic ring is 1. The highest BCUT2D eigenvalue weighted by Crippen LogP contribution is 2.29. The Balaban J connectivity index is 3.20. The number of anilines is 1. The van der Waals surface area contributed by atoms with Crippen LogP contribution in [-0.2, 0) is 10.0 Å². The second-order valence-corrected chi connectivity index (χ2v) is 7.93. The number of rotatable bonds is 7. The molecule has 7 heteroatoms. The molecule has 0 aromatic heterocycles. The van der Waals surface area contributed by atoms with Crippen LogP contribution < -0.4 is 5.73 Å². The Morgan fingerprint density at radius 2 is 1.95 bits per heavy atom. The van der Waals surface area contributed by atoms with Crippen molar-refractivity contribution >= 4 is 31.6 Å². The summed E-state index contributed by atoms with van der Waals surface area (Å²) < 4.78 is 40.4. The van der Waals surface area contributed by atoms with Crippen molar-refractivity contribution in [2.45, 2.75) is 51.0 Å². The maximum absolute atomic E-state index is 13.4. The second kappa shape index (κ2) is 7.56. The van der Waals surface area contributed by atoms with Gasteiger partial charge in [-0.1, -0.05) is 19.8 Å². The van der Waals surface area contributed by atoms with Gasteiger partial charge in [-0.05, 0) is 48.3 Å². The van der Waals surface area contributed by atoms with Crippen LogP contribution in [0.5, 0.6) is 0 Å². The number of unbranched alkanes of at least 4 members (excludes halogenated alkanes) is 2. The lowest BCUT2D eigenvalue weighted by Crippen LogP contribution is -2.38. The van der Waals surface area contributed by atoms with Crippen molar-refractivity contribution in [3.05, 3.63) is 22.4 Å². The van der Waals surface area contributed by atoms with Crippen LogP contribution in [-0.4, -0.2) is 25.3 Å². The number of nitrogens with two attached hydrogens (primary N) is 1. The van der Waals surface area contributed by atoms with Gasteiger partial charge in [-0.25, -0.2) is 12.8 Å². The van der Waals surface area contributed by atoms with E-state index in [2.05, 4.69) is 22.9 Å². The predicted molar refractivity (Wildman–Crippen MR) is 87.1 cm³/mol. The quantitative estimate of drug-likeness (QED) is 0.578. The summed E-state index contributed by atoms with van der Waals surface area (Å²) in [5.41, 5.74) is 5.63. The van der Waals surface area contributed by atoms with Crippen LogP contribution in [0.15, 0.2) is 21.5 Å². The Bertz CT molecular complexity index is 591. The number of halogens is 2. The highest BCUT2D eigenvalue weighted by molar-refractivity contribution is 9.10. The minimum Gasteiger partial charge on any atom is -0.398 e. The summed E-state index contributed by atoms with van der Waals surface area (Å²) in [6.45, 7) is 6.13. The Morgan fingerprint density at radius 1 is 1.33 bits per heavy atom. The Kier molecular flexibility index (Phi) is 6.62. The topological polar surface area (TPSA) is 63.4 Å². The zero-order valence-electron chi connectivity index (χ0n) is 12.6. The summed E-state index contributed by atoms with van der Waals surface area (Å²) >= 11 is 3.01. The molecule has 0 heterocycles. The third-order valence-electron chi connectivity index (χ3n) is 3.20. The zero-order chi connectivity index (χ0) is 16.2. The van der Waals surface area contributed by atoms with E-state index in [9.17, 15) is 12.8 Å². The van der Waals surface area contributed by atoms with Gasteiger partial charge < -0.3 is 5.73 Å². The maximum Gasteiger partial charge on any atom is 0.245 e. The van der Waals surface area contributed by atoms with Crippen LogP contribution >= 0.6 is 15.9 Å². The maximum atomic E-state index is 13.4. The highest BCUT2D eigenvalue weighted by atomic mass is 79.9. The molecule has 0 aliphatic rings. The first-order valence-corrected chi connectivity index (χ1v) is 9.21. The minimum atomic E-state index is -3.74. The van der Waals surface area contributed by atoms with E-state index in [1.54, 1.807) is 0 Å². The van der Waals surface area contributed by atoms with Gasteiger partial charge in [0.05, 0.1) is 10.2 Å². The molecular formula is C14H22BrFN2O2S. The van der Waals surface area contributed by atoms with Crippen LogP contribution in [0, 0.1) is 5.82 Å². The van der Waals surface area contributed by atoms with Gasteiger partial charge in [0, 0.05) is 12.6 Å². The fraction of sp³-hybridized carbons (Fsp3) is 0.571. The lowest BCUT2D eigenvalue weighted by Gasteiger charge is -2.26. The molecule has 0 aliphatic carbocycles. The molecule has 0 unspecified atom stereocenters. The van der Waals surface area contributed by atoms with E-state index >= 15 is 0 Å². The molecule has 0 saturated carbocycles. The van der Waals surface area contributed by atoms with Crippen molar-refractivity contribution in [1.29, 1.82) is 0 Å². The van der Waals surface area contributed by atoms with E-state index in [1.807, 2.05) is 13.8 Å². The molecule has 1 aromatic carbocycles. The Labute approximate surface area is 134 Å². The molecule has 0 bridgehead atoms. The lowest BCUT2D eigenvalue weighted by molar-refractivity contribution is 0.346. The summed E-state index contributed by atoms with van der Waals surface area (Å²) in [5.74, 6) is -0.575. The molecule has 1 rings (SSSR count). The average molecular weight is 381 g/mol. The smallest absolute Gasteiger partial charge is 0.245 e. The van der Waals surface area contributed by atoms with E-state index < -0.39 is 15.8 Å². The van der Waals surface area contributed by atoms with Gasteiger partial charge in [0.1, 0.15) is 10.7 Å². The SMILES string of the molecule is CCCCCN(C(C)C)S(=O)(=O)c1cc(Br)c(F)cc1N. The molecule has 0 radical (unpaired) electrons. The van der Waals surface area contributed by atoms with Crippen molar-refractivity contribution in [3.8, 4) is 0 Å². The lowest BCUT2D eigenvalue weighted by atomic mass is 10.2. The summed E-state index contributed by atoms with van der Waals surface area (Å²) in [4.78, 5) is -0.0547. The van der Waals surface area contributed by atoms with Crippen LogP contribution in [0.25, 0.3) is 0 Å². The fourth-order valence-electron chi connectivity index (χ4n) is 2.07. The monoisotopic (exact) mass is 380 g/mol. The Morgan fingerprint density at radius 3 is 2.48 bits per heavy atom. The summed E-state index contributed by atoms with van der Waals surface area (Å²) in [7, 11) is -3.74. The number of hydrogen-bond acceptors (Lipinski definition) is 3. The minimum absolute atomic E-state index is 0.0547. The van der Waals surface area contributed by atoms with Gasteiger partial charge in [0.2, 0.25) is 10.0 Å². The molecule has 0 amide bonds. The van der Waals surface area contributed by atoms with Gasteiger partial charge in [-0.15, -0.1) is 0 Å². The number of benzene rings is 1. The third kappa shape index (κ3) is 4.40. The molecule has 0 saturated heterocycles. The van der Waals surface area contributed by atoms with E-state index in [-0.39, 0.29) is 21.1 Å². The molecule has 0 fully saturated rings. The first kappa shape index (κ1) is 18.4. The molecule has 21 heavy (non-hydrogen) atoms. The molecule has 0 atom stereocenters. The van der Waals surface area contributed by atoms with E-state index in [0.717, 1.165) is 25.3 Å². The number of sulfonamides is 1.